The fourth-order valence-electron chi connectivity index (χ4n) is 5.51. The zero-order valence-electron chi connectivity index (χ0n) is 22.4. The summed E-state index contributed by atoms with van der Waals surface area (Å²) in [6, 6.07) is 16.9. The topological polar surface area (TPSA) is 107 Å². The molecule has 1 unspecified atom stereocenters. The highest BCUT2D eigenvalue weighted by Gasteiger charge is 2.28. The molecule has 5 rings (SSSR count). The van der Waals surface area contributed by atoms with Crippen molar-refractivity contribution < 1.29 is 14.3 Å². The molecule has 1 aliphatic heterocycles. The fraction of sp³-hybridized carbons (Fsp3) is 0.333. The third-order valence-electron chi connectivity index (χ3n) is 7.48. The number of esters is 1. The number of nitrogens with zero attached hydrogens (tertiary/aromatic N) is 5. The number of hydrogen-bond acceptors (Lipinski definition) is 7. The van der Waals surface area contributed by atoms with Crippen LogP contribution in [0.1, 0.15) is 64.4 Å². The van der Waals surface area contributed by atoms with E-state index in [4.69, 9.17) is 4.74 Å². The minimum atomic E-state index is -0.397. The standard InChI is InChI=1S/C30H31N5O4/c1-4-35-27-12-11-23(19(3)29(27)31-33-35)25(17-28(36)39-5-2)21-15-22-18-34(14-13-24(22)26(16-21)32-38)30(37)20-9-7-6-8-10-20/h6-12,15-16,25H,4-5,13-14,17-18H2,1-3H3. The summed E-state index contributed by atoms with van der Waals surface area (Å²) in [5.74, 6) is -0.791. The Kier molecular flexibility index (Phi) is 7.49. The Bertz CT molecular complexity index is 1550. The third-order valence-corrected chi connectivity index (χ3v) is 7.48. The van der Waals surface area contributed by atoms with E-state index in [1.807, 2.05) is 54.9 Å². The molecular formula is C30H31N5O4. The van der Waals surface area contributed by atoms with Gasteiger partial charge in [0.15, 0.2) is 0 Å². The average Bonchev–Trinajstić information content (AvgIpc) is 3.40. The van der Waals surface area contributed by atoms with Gasteiger partial charge in [0.1, 0.15) is 11.2 Å². The number of rotatable bonds is 8. The first-order valence-electron chi connectivity index (χ1n) is 13.3. The van der Waals surface area contributed by atoms with Crippen LogP contribution in [0.25, 0.3) is 11.0 Å². The van der Waals surface area contributed by atoms with Gasteiger partial charge >= 0.3 is 5.97 Å². The second kappa shape index (κ2) is 11.1. The van der Waals surface area contributed by atoms with Gasteiger partial charge in [0.05, 0.1) is 18.5 Å². The van der Waals surface area contributed by atoms with Crippen LogP contribution in [0.15, 0.2) is 59.8 Å². The third kappa shape index (κ3) is 5.04. The molecule has 4 aromatic rings. The van der Waals surface area contributed by atoms with E-state index in [1.54, 1.807) is 30.0 Å². The van der Waals surface area contributed by atoms with E-state index in [0.717, 1.165) is 38.9 Å². The van der Waals surface area contributed by atoms with Crippen LogP contribution in [0.3, 0.4) is 0 Å². The summed E-state index contributed by atoms with van der Waals surface area (Å²) in [4.78, 5) is 39.7. The van der Waals surface area contributed by atoms with Crippen LogP contribution in [0.5, 0.6) is 0 Å². The molecule has 0 fully saturated rings. The van der Waals surface area contributed by atoms with Crippen molar-refractivity contribution in [3.05, 3.63) is 92.9 Å². The maximum Gasteiger partial charge on any atom is 0.306 e. The van der Waals surface area contributed by atoms with Gasteiger partial charge in [0.2, 0.25) is 0 Å². The van der Waals surface area contributed by atoms with E-state index in [-0.39, 0.29) is 24.9 Å². The van der Waals surface area contributed by atoms with Gasteiger partial charge in [-0.2, -0.15) is 0 Å². The summed E-state index contributed by atoms with van der Waals surface area (Å²) in [6.45, 7) is 7.58. The zero-order valence-corrected chi connectivity index (χ0v) is 22.4. The fourth-order valence-corrected chi connectivity index (χ4v) is 5.51. The van der Waals surface area contributed by atoms with Crippen LogP contribution < -0.4 is 0 Å². The summed E-state index contributed by atoms with van der Waals surface area (Å²) in [7, 11) is 0. The number of nitroso groups, excluding NO2 is 1. The van der Waals surface area contributed by atoms with Gasteiger partial charge in [-0.3, -0.25) is 9.59 Å². The lowest BCUT2D eigenvalue weighted by Crippen LogP contribution is -2.36. The van der Waals surface area contributed by atoms with E-state index in [2.05, 4.69) is 15.5 Å². The molecule has 0 bridgehead atoms. The van der Waals surface area contributed by atoms with Crippen LogP contribution >= 0.6 is 0 Å². The molecule has 0 N–H and O–H groups in total. The van der Waals surface area contributed by atoms with Crippen LogP contribution in [0, 0.1) is 11.8 Å². The minimum Gasteiger partial charge on any atom is -0.466 e. The highest BCUT2D eigenvalue weighted by atomic mass is 16.5. The highest BCUT2D eigenvalue weighted by molar-refractivity contribution is 5.94. The molecule has 9 heteroatoms. The molecule has 2 heterocycles. The van der Waals surface area contributed by atoms with Crippen molar-refractivity contribution in [1.82, 2.24) is 19.9 Å². The molecule has 0 radical (unpaired) electrons. The molecule has 3 aromatic carbocycles. The first-order chi connectivity index (χ1) is 18.9. The van der Waals surface area contributed by atoms with E-state index >= 15 is 0 Å². The van der Waals surface area contributed by atoms with E-state index in [1.165, 1.54) is 0 Å². The molecule has 1 aliphatic rings. The van der Waals surface area contributed by atoms with Crippen molar-refractivity contribution in [2.45, 2.75) is 52.6 Å². The number of hydrogen-bond donors (Lipinski definition) is 0. The Hall–Kier alpha value is -4.40. The lowest BCUT2D eigenvalue weighted by molar-refractivity contribution is -0.143. The number of amides is 1. The second-order valence-corrected chi connectivity index (χ2v) is 9.73. The number of ether oxygens (including phenoxy) is 1. The molecule has 0 saturated carbocycles. The van der Waals surface area contributed by atoms with E-state index < -0.39 is 5.92 Å². The van der Waals surface area contributed by atoms with Crippen LogP contribution in [-0.4, -0.2) is 44.9 Å². The van der Waals surface area contributed by atoms with E-state index in [9.17, 15) is 14.5 Å². The van der Waals surface area contributed by atoms with Crippen molar-refractivity contribution in [3.8, 4) is 0 Å². The molecular weight excluding hydrogens is 494 g/mol. The Morgan fingerprint density at radius 2 is 1.90 bits per heavy atom. The molecule has 1 atom stereocenters. The van der Waals surface area contributed by atoms with Crippen LogP contribution in [-0.2, 0) is 29.0 Å². The van der Waals surface area contributed by atoms with Gasteiger partial charge < -0.3 is 9.64 Å². The van der Waals surface area contributed by atoms with Gasteiger partial charge in [0, 0.05) is 31.1 Å². The summed E-state index contributed by atoms with van der Waals surface area (Å²) < 4.78 is 7.15. The molecule has 200 valence electrons. The van der Waals surface area contributed by atoms with Gasteiger partial charge in [-0.25, -0.2) is 4.68 Å². The lowest BCUT2D eigenvalue weighted by atomic mass is 9.83. The smallest absolute Gasteiger partial charge is 0.306 e. The minimum absolute atomic E-state index is 0.0596. The summed E-state index contributed by atoms with van der Waals surface area (Å²) in [6.07, 6.45) is 0.620. The molecule has 1 amide bonds. The van der Waals surface area contributed by atoms with Crippen LogP contribution in [0.4, 0.5) is 5.69 Å². The van der Waals surface area contributed by atoms with Crippen molar-refractivity contribution >= 4 is 28.6 Å². The summed E-state index contributed by atoms with van der Waals surface area (Å²) >= 11 is 0. The van der Waals surface area contributed by atoms with Gasteiger partial charge in [-0.1, -0.05) is 35.5 Å². The van der Waals surface area contributed by atoms with Gasteiger partial charge in [-0.15, -0.1) is 10.0 Å². The van der Waals surface area contributed by atoms with Crippen molar-refractivity contribution in [1.29, 1.82) is 0 Å². The SMILES string of the molecule is CCOC(=O)CC(c1cc2c(c(N=O)c1)CCN(C(=O)c1ccccc1)C2)c1ccc2c(nnn2CC)c1C. The largest absolute Gasteiger partial charge is 0.466 e. The normalized spacial score (nSPS) is 13.7. The number of benzene rings is 3. The maximum absolute atomic E-state index is 13.2. The second-order valence-electron chi connectivity index (χ2n) is 9.73. The average molecular weight is 526 g/mol. The molecule has 0 saturated heterocycles. The Morgan fingerprint density at radius 1 is 1.10 bits per heavy atom. The number of aryl methyl sites for hydroxylation is 2. The quantitative estimate of drug-likeness (QED) is 0.224. The highest BCUT2D eigenvalue weighted by Crippen LogP contribution is 2.39. The molecule has 0 aliphatic carbocycles. The van der Waals surface area contributed by atoms with E-state index in [0.29, 0.717) is 37.3 Å². The Morgan fingerprint density at radius 3 is 2.62 bits per heavy atom. The molecule has 1 aromatic heterocycles. The van der Waals surface area contributed by atoms with Crippen molar-refractivity contribution in [2.24, 2.45) is 5.18 Å². The number of carbonyl (C=O) groups is 2. The van der Waals surface area contributed by atoms with Gasteiger partial charge in [0.25, 0.3) is 5.91 Å². The summed E-state index contributed by atoms with van der Waals surface area (Å²) in [5, 5.41) is 12.0. The van der Waals surface area contributed by atoms with Gasteiger partial charge in [-0.05, 0) is 84.5 Å². The number of fused-ring (bicyclic) bond motifs is 2. The predicted molar refractivity (Wildman–Crippen MR) is 148 cm³/mol. The lowest BCUT2D eigenvalue weighted by Gasteiger charge is -2.31. The van der Waals surface area contributed by atoms with Crippen LogP contribution in [0.2, 0.25) is 0 Å². The Balaban J connectivity index is 1.58. The summed E-state index contributed by atoms with van der Waals surface area (Å²) in [5.41, 5.74) is 6.97. The van der Waals surface area contributed by atoms with Crippen molar-refractivity contribution in [3.63, 3.8) is 0 Å². The molecule has 9 nitrogen and oxygen atoms in total. The monoisotopic (exact) mass is 525 g/mol. The van der Waals surface area contributed by atoms with Crippen molar-refractivity contribution in [2.75, 3.05) is 13.2 Å². The number of aromatic nitrogens is 3. The maximum atomic E-state index is 13.2. The predicted octanol–water partition coefficient (Wildman–Crippen LogP) is 5.44. The molecule has 0 spiro atoms. The Labute approximate surface area is 226 Å². The molecule has 39 heavy (non-hydrogen) atoms. The number of carbonyl (C=O) groups excluding carboxylic acids is 2. The first kappa shape index (κ1) is 26.2. The first-order valence-corrected chi connectivity index (χ1v) is 13.3. The zero-order chi connectivity index (χ0) is 27.5.